The van der Waals surface area contributed by atoms with Gasteiger partial charge in [0.25, 0.3) is 0 Å². The Kier molecular flexibility index (Phi) is 5.33. The van der Waals surface area contributed by atoms with Crippen LogP contribution in [0.15, 0.2) is 36.7 Å². The zero-order chi connectivity index (χ0) is 16.9. The van der Waals surface area contributed by atoms with E-state index >= 15 is 0 Å². The predicted molar refractivity (Wildman–Crippen MR) is 94.8 cm³/mol. The molecule has 5 heteroatoms. The first-order chi connectivity index (χ1) is 11.8. The molecule has 1 aliphatic heterocycles. The summed E-state index contributed by atoms with van der Waals surface area (Å²) in [6.07, 6.45) is 3.79. The van der Waals surface area contributed by atoms with Gasteiger partial charge in [-0.1, -0.05) is 12.1 Å². The lowest BCUT2D eigenvalue weighted by atomic mass is 9.93. The maximum absolute atomic E-state index is 5.72. The summed E-state index contributed by atoms with van der Waals surface area (Å²) in [6, 6.07) is 8.34. The van der Waals surface area contributed by atoms with Crippen LogP contribution in [0.2, 0.25) is 0 Å². The van der Waals surface area contributed by atoms with Gasteiger partial charge in [-0.25, -0.2) is 0 Å². The summed E-state index contributed by atoms with van der Waals surface area (Å²) in [5.41, 5.74) is 3.58. The highest BCUT2D eigenvalue weighted by atomic mass is 16.5. The zero-order valence-electron chi connectivity index (χ0n) is 14.6. The third kappa shape index (κ3) is 3.23. The van der Waals surface area contributed by atoms with Crippen molar-refractivity contribution < 1.29 is 9.47 Å². The van der Waals surface area contributed by atoms with Gasteiger partial charge in [-0.05, 0) is 30.2 Å². The highest BCUT2D eigenvalue weighted by Gasteiger charge is 2.28. The summed E-state index contributed by atoms with van der Waals surface area (Å²) in [7, 11) is 3.38. The number of aromatic nitrogens is 1. The molecule has 1 aromatic carbocycles. The first-order valence-electron chi connectivity index (χ1n) is 8.32. The smallest absolute Gasteiger partial charge is 0.165 e. The van der Waals surface area contributed by atoms with E-state index in [0.717, 1.165) is 43.2 Å². The van der Waals surface area contributed by atoms with Crippen molar-refractivity contribution in [2.75, 3.05) is 40.4 Å². The zero-order valence-corrected chi connectivity index (χ0v) is 14.6. The van der Waals surface area contributed by atoms with Gasteiger partial charge in [-0.15, -0.1) is 0 Å². The quantitative estimate of drug-likeness (QED) is 0.914. The number of hydrogen-bond acceptors (Lipinski definition) is 5. The van der Waals surface area contributed by atoms with Crippen LogP contribution in [0.5, 0.6) is 11.5 Å². The number of aryl methyl sites for hydroxylation is 1. The Bertz CT molecular complexity index is 684. The summed E-state index contributed by atoms with van der Waals surface area (Å²) >= 11 is 0. The van der Waals surface area contributed by atoms with Crippen LogP contribution in [0.1, 0.15) is 22.7 Å². The van der Waals surface area contributed by atoms with Crippen LogP contribution in [0.25, 0.3) is 0 Å². The van der Waals surface area contributed by atoms with E-state index in [9.17, 15) is 0 Å². The predicted octanol–water partition coefficient (Wildman–Crippen LogP) is 2.40. The third-order valence-corrected chi connectivity index (χ3v) is 4.60. The van der Waals surface area contributed by atoms with E-state index in [0.29, 0.717) is 0 Å². The molecule has 0 radical (unpaired) electrons. The molecule has 1 atom stereocenters. The SMILES string of the molecule is COc1cccc(C(c2ccncc2C)N2CCNCC2)c1OC. The van der Waals surface area contributed by atoms with E-state index in [1.165, 1.54) is 11.1 Å². The van der Waals surface area contributed by atoms with Crippen molar-refractivity contribution in [2.24, 2.45) is 0 Å². The Hall–Kier alpha value is -2.11. The number of para-hydroxylation sites is 1. The maximum Gasteiger partial charge on any atom is 0.165 e. The average molecular weight is 327 g/mol. The van der Waals surface area contributed by atoms with E-state index in [-0.39, 0.29) is 6.04 Å². The van der Waals surface area contributed by atoms with Crippen LogP contribution in [-0.2, 0) is 0 Å². The molecule has 5 nitrogen and oxygen atoms in total. The van der Waals surface area contributed by atoms with Crippen LogP contribution in [-0.4, -0.2) is 50.3 Å². The number of benzene rings is 1. The van der Waals surface area contributed by atoms with Crippen LogP contribution in [0.3, 0.4) is 0 Å². The number of piperazine rings is 1. The van der Waals surface area contributed by atoms with Gasteiger partial charge in [0.15, 0.2) is 11.5 Å². The molecule has 1 saturated heterocycles. The van der Waals surface area contributed by atoms with E-state index in [1.54, 1.807) is 14.2 Å². The molecular weight excluding hydrogens is 302 g/mol. The molecule has 0 aliphatic carbocycles. The Morgan fingerprint density at radius 1 is 1.08 bits per heavy atom. The van der Waals surface area contributed by atoms with Gasteiger partial charge in [0.05, 0.1) is 20.3 Å². The fraction of sp³-hybridized carbons (Fsp3) is 0.421. The number of hydrogen-bond donors (Lipinski definition) is 1. The monoisotopic (exact) mass is 327 g/mol. The lowest BCUT2D eigenvalue weighted by molar-refractivity contribution is 0.194. The Balaban J connectivity index is 2.13. The van der Waals surface area contributed by atoms with Crippen LogP contribution < -0.4 is 14.8 Å². The minimum Gasteiger partial charge on any atom is -0.493 e. The van der Waals surface area contributed by atoms with Gasteiger partial charge in [-0.3, -0.25) is 9.88 Å². The number of nitrogens with zero attached hydrogens (tertiary/aromatic N) is 2. The molecule has 1 unspecified atom stereocenters. The molecule has 2 aromatic rings. The van der Waals surface area contributed by atoms with Crippen molar-refractivity contribution in [2.45, 2.75) is 13.0 Å². The van der Waals surface area contributed by atoms with Gasteiger partial charge in [-0.2, -0.15) is 0 Å². The van der Waals surface area contributed by atoms with Gasteiger partial charge in [0.2, 0.25) is 0 Å². The standard InChI is InChI=1S/C19H25N3O2/c1-14-13-21-8-7-15(14)18(22-11-9-20-10-12-22)16-5-4-6-17(23-2)19(16)24-3/h4-8,13,18,20H,9-12H2,1-3H3. The summed E-state index contributed by atoms with van der Waals surface area (Å²) in [5, 5.41) is 3.43. The summed E-state index contributed by atoms with van der Waals surface area (Å²) in [6.45, 7) is 6.09. The van der Waals surface area contributed by atoms with E-state index < -0.39 is 0 Å². The second-order valence-electron chi connectivity index (χ2n) is 6.00. The molecule has 1 fully saturated rings. The van der Waals surface area contributed by atoms with Crippen LogP contribution >= 0.6 is 0 Å². The highest BCUT2D eigenvalue weighted by molar-refractivity contribution is 5.51. The second kappa shape index (κ2) is 7.64. The summed E-state index contributed by atoms with van der Waals surface area (Å²) < 4.78 is 11.2. The minimum absolute atomic E-state index is 0.125. The number of methoxy groups -OCH3 is 2. The van der Waals surface area contributed by atoms with Crippen molar-refractivity contribution in [3.63, 3.8) is 0 Å². The molecule has 0 saturated carbocycles. The summed E-state index contributed by atoms with van der Waals surface area (Å²) in [4.78, 5) is 6.75. The highest BCUT2D eigenvalue weighted by Crippen LogP contribution is 2.40. The van der Waals surface area contributed by atoms with E-state index in [4.69, 9.17) is 9.47 Å². The first-order valence-corrected chi connectivity index (χ1v) is 8.32. The number of pyridine rings is 1. The lowest BCUT2D eigenvalue weighted by Crippen LogP contribution is -2.45. The normalized spacial score (nSPS) is 16.6. The lowest BCUT2D eigenvalue weighted by Gasteiger charge is -2.36. The number of rotatable bonds is 5. The Morgan fingerprint density at radius 2 is 1.88 bits per heavy atom. The van der Waals surface area contributed by atoms with Gasteiger partial charge in [0.1, 0.15) is 0 Å². The average Bonchev–Trinajstić information content (AvgIpc) is 2.64. The molecule has 0 amide bonds. The fourth-order valence-electron chi connectivity index (χ4n) is 3.42. The Labute approximate surface area is 143 Å². The van der Waals surface area contributed by atoms with Crippen LogP contribution in [0, 0.1) is 6.92 Å². The van der Waals surface area contributed by atoms with E-state index in [2.05, 4.69) is 34.3 Å². The number of nitrogens with one attached hydrogen (secondary N) is 1. The largest absolute Gasteiger partial charge is 0.493 e. The fourth-order valence-corrected chi connectivity index (χ4v) is 3.42. The van der Waals surface area contributed by atoms with Gasteiger partial charge in [0, 0.05) is 44.1 Å². The van der Waals surface area contributed by atoms with Crippen molar-refractivity contribution in [3.05, 3.63) is 53.3 Å². The third-order valence-electron chi connectivity index (χ3n) is 4.60. The van der Waals surface area contributed by atoms with Crippen molar-refractivity contribution in [3.8, 4) is 11.5 Å². The molecule has 1 aromatic heterocycles. The molecule has 128 valence electrons. The molecule has 0 bridgehead atoms. The van der Waals surface area contributed by atoms with Crippen molar-refractivity contribution in [1.29, 1.82) is 0 Å². The first kappa shape index (κ1) is 16.7. The molecule has 2 heterocycles. The Morgan fingerprint density at radius 3 is 2.54 bits per heavy atom. The molecule has 0 spiro atoms. The van der Waals surface area contributed by atoms with Crippen molar-refractivity contribution >= 4 is 0 Å². The van der Waals surface area contributed by atoms with Crippen LogP contribution in [0.4, 0.5) is 0 Å². The maximum atomic E-state index is 5.72. The van der Waals surface area contributed by atoms with Gasteiger partial charge >= 0.3 is 0 Å². The van der Waals surface area contributed by atoms with E-state index in [1.807, 2.05) is 24.5 Å². The topological polar surface area (TPSA) is 46.6 Å². The molecule has 24 heavy (non-hydrogen) atoms. The van der Waals surface area contributed by atoms with Crippen molar-refractivity contribution in [1.82, 2.24) is 15.2 Å². The molecule has 1 aliphatic rings. The molecular formula is C19H25N3O2. The summed E-state index contributed by atoms with van der Waals surface area (Å²) in [5.74, 6) is 1.57. The molecule has 3 rings (SSSR count). The second-order valence-corrected chi connectivity index (χ2v) is 6.00. The van der Waals surface area contributed by atoms with Gasteiger partial charge < -0.3 is 14.8 Å². The number of ether oxygens (including phenoxy) is 2. The molecule has 1 N–H and O–H groups in total. The minimum atomic E-state index is 0.125.